The van der Waals surface area contributed by atoms with Crippen molar-refractivity contribution in [2.75, 3.05) is 40.0 Å². The first-order chi connectivity index (χ1) is 13.1. The molecule has 2 amide bonds. The third-order valence-corrected chi connectivity index (χ3v) is 7.52. The molecule has 4 unspecified atom stereocenters. The summed E-state index contributed by atoms with van der Waals surface area (Å²) in [6.45, 7) is 6.28. The Morgan fingerprint density at radius 3 is 2.22 bits per heavy atom. The van der Waals surface area contributed by atoms with Crippen molar-refractivity contribution >= 4 is 12.0 Å². The summed E-state index contributed by atoms with van der Waals surface area (Å²) in [5, 5.41) is 0. The van der Waals surface area contributed by atoms with Gasteiger partial charge in [-0.3, -0.25) is 14.6 Å². The molecule has 0 N–H and O–H groups in total. The Balaban J connectivity index is 1.19. The number of methoxy groups -OCH3 is 1. The summed E-state index contributed by atoms with van der Waals surface area (Å²) < 4.78 is 10.7. The van der Waals surface area contributed by atoms with Gasteiger partial charge in [-0.05, 0) is 44.4 Å². The van der Waals surface area contributed by atoms with Crippen LogP contribution in [-0.4, -0.2) is 90.8 Å². The van der Waals surface area contributed by atoms with E-state index in [4.69, 9.17) is 9.47 Å². The normalized spacial score (nSPS) is 40.4. The molecule has 5 rings (SSSR count). The van der Waals surface area contributed by atoms with Crippen molar-refractivity contribution in [3.8, 4) is 0 Å². The average molecular weight is 377 g/mol. The number of hydrogen-bond donors (Lipinski definition) is 0. The quantitative estimate of drug-likeness (QED) is 0.736. The van der Waals surface area contributed by atoms with E-state index in [2.05, 4.69) is 16.7 Å². The standard InChI is InChI=1S/C20H31N3O4/c1-3-22(12-4-5-12)19(24)18-16-8-21(9-17(16)18)13-6-14-10-27-11-15(7-13)23(14)20(25)26-2/h12-18H,3-11H2,1-2H3. The van der Waals surface area contributed by atoms with Gasteiger partial charge in [0.15, 0.2) is 0 Å². The number of rotatable bonds is 4. The fourth-order valence-electron chi connectivity index (χ4n) is 5.98. The summed E-state index contributed by atoms with van der Waals surface area (Å²) in [4.78, 5) is 31.6. The van der Waals surface area contributed by atoms with Crippen molar-refractivity contribution < 1.29 is 19.1 Å². The number of amides is 2. The molecule has 0 aromatic carbocycles. The Labute approximate surface area is 160 Å². The number of ether oxygens (including phenoxy) is 2. The van der Waals surface area contributed by atoms with E-state index < -0.39 is 0 Å². The van der Waals surface area contributed by atoms with Gasteiger partial charge in [-0.15, -0.1) is 0 Å². The van der Waals surface area contributed by atoms with Crippen molar-refractivity contribution in [3.05, 3.63) is 0 Å². The summed E-state index contributed by atoms with van der Waals surface area (Å²) in [6.07, 6.45) is 4.07. The van der Waals surface area contributed by atoms with Gasteiger partial charge in [0.05, 0.1) is 32.4 Å². The Morgan fingerprint density at radius 1 is 1.07 bits per heavy atom. The summed E-state index contributed by atoms with van der Waals surface area (Å²) in [5.74, 6) is 1.81. The summed E-state index contributed by atoms with van der Waals surface area (Å²) in [5.41, 5.74) is 0. The van der Waals surface area contributed by atoms with Crippen LogP contribution in [0.15, 0.2) is 0 Å². The molecule has 4 atom stereocenters. The lowest BCUT2D eigenvalue weighted by Crippen LogP contribution is -2.62. The van der Waals surface area contributed by atoms with E-state index in [1.807, 2.05) is 4.90 Å². The van der Waals surface area contributed by atoms with Crippen molar-refractivity contribution in [2.24, 2.45) is 17.8 Å². The Morgan fingerprint density at radius 2 is 1.70 bits per heavy atom. The molecule has 0 aromatic heterocycles. The van der Waals surface area contributed by atoms with Crippen LogP contribution in [0.2, 0.25) is 0 Å². The molecule has 3 aliphatic heterocycles. The number of piperidine rings is 2. The van der Waals surface area contributed by atoms with Gasteiger partial charge >= 0.3 is 6.09 Å². The zero-order valence-electron chi connectivity index (χ0n) is 16.4. The third kappa shape index (κ3) is 2.94. The number of likely N-dealkylation sites (tertiary alicyclic amines) is 1. The lowest BCUT2D eigenvalue weighted by Gasteiger charge is -2.49. The minimum absolute atomic E-state index is 0.120. The molecule has 0 radical (unpaired) electrons. The smallest absolute Gasteiger partial charge is 0.410 e. The lowest BCUT2D eigenvalue weighted by atomic mass is 9.89. The molecule has 27 heavy (non-hydrogen) atoms. The molecular formula is C20H31N3O4. The molecular weight excluding hydrogens is 346 g/mol. The van der Waals surface area contributed by atoms with Gasteiger partial charge in [-0.1, -0.05) is 0 Å². The van der Waals surface area contributed by atoms with E-state index in [0.29, 0.717) is 43.0 Å². The molecule has 2 bridgehead atoms. The number of hydrogen-bond acceptors (Lipinski definition) is 5. The monoisotopic (exact) mass is 377 g/mol. The zero-order chi connectivity index (χ0) is 18.7. The molecule has 5 fully saturated rings. The molecule has 150 valence electrons. The molecule has 3 heterocycles. The Hall–Kier alpha value is -1.34. The second-order valence-corrected chi connectivity index (χ2v) is 9.01. The van der Waals surface area contributed by atoms with Crippen LogP contribution in [0.4, 0.5) is 4.79 Å². The average Bonchev–Trinajstić information content (AvgIpc) is 3.58. The van der Waals surface area contributed by atoms with Gasteiger partial charge in [-0.25, -0.2) is 4.79 Å². The van der Waals surface area contributed by atoms with E-state index in [-0.39, 0.29) is 24.1 Å². The number of nitrogens with zero attached hydrogens (tertiary/aromatic N) is 3. The number of carbonyl (C=O) groups is 2. The highest BCUT2D eigenvalue weighted by molar-refractivity contribution is 5.83. The zero-order valence-corrected chi connectivity index (χ0v) is 16.4. The highest BCUT2D eigenvalue weighted by atomic mass is 16.5. The first-order valence-electron chi connectivity index (χ1n) is 10.6. The number of morpholine rings is 1. The molecule has 0 aromatic rings. The second kappa shape index (κ2) is 6.62. The van der Waals surface area contributed by atoms with Crippen molar-refractivity contribution in [2.45, 2.75) is 56.8 Å². The van der Waals surface area contributed by atoms with Crippen molar-refractivity contribution in [1.82, 2.24) is 14.7 Å². The van der Waals surface area contributed by atoms with Gasteiger partial charge in [0.2, 0.25) is 5.91 Å². The summed E-state index contributed by atoms with van der Waals surface area (Å²) in [7, 11) is 1.46. The largest absolute Gasteiger partial charge is 0.453 e. The van der Waals surface area contributed by atoms with E-state index in [9.17, 15) is 9.59 Å². The SMILES string of the molecule is CCN(C(=O)C1C2CN(C3CC4COCC(C3)N4C(=O)OC)CC21)C1CC1. The molecule has 5 aliphatic rings. The highest BCUT2D eigenvalue weighted by Crippen LogP contribution is 2.54. The maximum absolute atomic E-state index is 12.9. The fraction of sp³-hybridized carbons (Fsp3) is 0.900. The van der Waals surface area contributed by atoms with Gasteiger partial charge < -0.3 is 14.4 Å². The van der Waals surface area contributed by atoms with Gasteiger partial charge in [0.1, 0.15) is 0 Å². The van der Waals surface area contributed by atoms with Crippen LogP contribution in [0.5, 0.6) is 0 Å². The predicted molar refractivity (Wildman–Crippen MR) is 98.1 cm³/mol. The predicted octanol–water partition coefficient (Wildman–Crippen LogP) is 1.17. The summed E-state index contributed by atoms with van der Waals surface area (Å²) in [6, 6.07) is 1.27. The molecule has 2 aliphatic carbocycles. The van der Waals surface area contributed by atoms with Crippen LogP contribution >= 0.6 is 0 Å². The highest BCUT2D eigenvalue weighted by Gasteiger charge is 2.62. The minimum Gasteiger partial charge on any atom is -0.453 e. The van der Waals surface area contributed by atoms with E-state index in [1.165, 1.54) is 20.0 Å². The van der Waals surface area contributed by atoms with Gasteiger partial charge in [-0.2, -0.15) is 0 Å². The van der Waals surface area contributed by atoms with Gasteiger partial charge in [0.25, 0.3) is 0 Å². The van der Waals surface area contributed by atoms with Crippen LogP contribution in [0, 0.1) is 17.8 Å². The van der Waals surface area contributed by atoms with Crippen LogP contribution in [0.25, 0.3) is 0 Å². The van der Waals surface area contributed by atoms with Crippen molar-refractivity contribution in [1.29, 1.82) is 0 Å². The van der Waals surface area contributed by atoms with Gasteiger partial charge in [0, 0.05) is 37.6 Å². The molecule has 2 saturated carbocycles. The van der Waals surface area contributed by atoms with Crippen LogP contribution in [-0.2, 0) is 14.3 Å². The first-order valence-corrected chi connectivity index (χ1v) is 10.6. The first kappa shape index (κ1) is 17.7. The second-order valence-electron chi connectivity index (χ2n) is 9.01. The lowest BCUT2D eigenvalue weighted by molar-refractivity contribution is -0.134. The van der Waals surface area contributed by atoms with E-state index in [1.54, 1.807) is 0 Å². The van der Waals surface area contributed by atoms with E-state index in [0.717, 1.165) is 32.5 Å². The minimum atomic E-state index is -0.221. The molecule has 7 heteroatoms. The number of carbonyl (C=O) groups excluding carboxylic acids is 2. The Bertz CT molecular complexity index is 598. The fourth-order valence-corrected chi connectivity index (χ4v) is 5.98. The van der Waals surface area contributed by atoms with Crippen LogP contribution < -0.4 is 0 Å². The van der Waals surface area contributed by atoms with Crippen LogP contribution in [0.3, 0.4) is 0 Å². The topological polar surface area (TPSA) is 62.3 Å². The third-order valence-electron chi connectivity index (χ3n) is 7.52. The summed E-state index contributed by atoms with van der Waals surface area (Å²) >= 11 is 0. The number of fused-ring (bicyclic) bond motifs is 3. The molecule has 0 spiro atoms. The Kier molecular flexibility index (Phi) is 4.35. The van der Waals surface area contributed by atoms with E-state index >= 15 is 0 Å². The molecule has 7 nitrogen and oxygen atoms in total. The maximum atomic E-state index is 12.9. The van der Waals surface area contributed by atoms with Crippen LogP contribution in [0.1, 0.15) is 32.6 Å². The maximum Gasteiger partial charge on any atom is 0.410 e. The van der Waals surface area contributed by atoms with Crippen molar-refractivity contribution in [3.63, 3.8) is 0 Å². The molecule has 3 saturated heterocycles.